The number of thiazole rings is 1. The number of hydrogen-bond donors (Lipinski definition) is 2. The van der Waals surface area contributed by atoms with E-state index in [9.17, 15) is 4.79 Å². The van der Waals surface area contributed by atoms with Gasteiger partial charge in [0.05, 0.1) is 23.5 Å². The number of methoxy groups -OCH3 is 1. The number of carbonyl (C=O) groups excluding carboxylic acids is 1. The van der Waals surface area contributed by atoms with Crippen molar-refractivity contribution in [2.45, 2.75) is 19.8 Å². The number of aryl methyl sites for hydroxylation is 1. The van der Waals surface area contributed by atoms with Crippen molar-refractivity contribution in [3.05, 3.63) is 36.0 Å². The van der Waals surface area contributed by atoms with E-state index in [4.69, 9.17) is 4.74 Å². The second-order valence-corrected chi connectivity index (χ2v) is 7.93. The minimum absolute atomic E-state index is 0.0837. The third kappa shape index (κ3) is 2.75. The van der Waals surface area contributed by atoms with Crippen LogP contribution in [0, 0.1) is 12.8 Å². The Balaban J connectivity index is 1.59. The van der Waals surface area contributed by atoms with Crippen LogP contribution in [0.1, 0.15) is 18.4 Å². The predicted octanol–water partition coefficient (Wildman–Crippen LogP) is 4.51. The van der Waals surface area contributed by atoms with Gasteiger partial charge in [-0.2, -0.15) is 5.10 Å². The highest BCUT2D eigenvalue weighted by molar-refractivity contribution is 7.22. The summed E-state index contributed by atoms with van der Waals surface area (Å²) >= 11 is 1.51. The monoisotopic (exact) mass is 378 g/mol. The van der Waals surface area contributed by atoms with Crippen molar-refractivity contribution in [3.63, 3.8) is 0 Å². The van der Waals surface area contributed by atoms with Crippen LogP contribution >= 0.6 is 11.3 Å². The van der Waals surface area contributed by atoms with Gasteiger partial charge >= 0.3 is 0 Å². The van der Waals surface area contributed by atoms with Gasteiger partial charge in [0.25, 0.3) is 0 Å². The summed E-state index contributed by atoms with van der Waals surface area (Å²) in [5.74, 6) is 1.04. The molecule has 2 aromatic heterocycles. The molecule has 136 valence electrons. The Kier molecular flexibility index (Phi) is 3.65. The maximum atomic E-state index is 12.0. The standard InChI is InChI=1S/C20H18N4O2S/c1-10-7-15(26-2)18-13(9-21-24-18)17(10)12-5-6-14-16(8-12)27-20(22-14)23-19(25)11-3-4-11/h5-9,11H,3-4H2,1-2H3,(H,21,24)(H,22,23,25). The number of amides is 1. The number of anilines is 1. The Labute approximate surface area is 159 Å². The van der Waals surface area contributed by atoms with Crippen LogP contribution in [-0.2, 0) is 4.79 Å². The molecule has 4 aromatic rings. The van der Waals surface area contributed by atoms with Gasteiger partial charge in [-0.05, 0) is 54.7 Å². The van der Waals surface area contributed by atoms with Gasteiger partial charge in [-0.15, -0.1) is 0 Å². The van der Waals surface area contributed by atoms with E-state index >= 15 is 0 Å². The van der Waals surface area contributed by atoms with Crippen molar-refractivity contribution >= 4 is 43.5 Å². The largest absolute Gasteiger partial charge is 0.494 e. The van der Waals surface area contributed by atoms with E-state index in [-0.39, 0.29) is 11.8 Å². The molecule has 0 unspecified atom stereocenters. The lowest BCUT2D eigenvalue weighted by molar-refractivity contribution is -0.117. The Bertz CT molecular complexity index is 1190. The summed E-state index contributed by atoms with van der Waals surface area (Å²) in [4.78, 5) is 16.5. The van der Waals surface area contributed by atoms with E-state index in [1.807, 2.05) is 18.3 Å². The quantitative estimate of drug-likeness (QED) is 0.548. The lowest BCUT2D eigenvalue weighted by Crippen LogP contribution is -2.12. The number of nitrogens with one attached hydrogen (secondary N) is 2. The molecule has 27 heavy (non-hydrogen) atoms. The van der Waals surface area contributed by atoms with Crippen molar-refractivity contribution < 1.29 is 9.53 Å². The number of fused-ring (bicyclic) bond motifs is 2. The zero-order valence-electron chi connectivity index (χ0n) is 15.0. The van der Waals surface area contributed by atoms with E-state index in [2.05, 4.69) is 39.6 Å². The summed E-state index contributed by atoms with van der Waals surface area (Å²) in [7, 11) is 1.66. The molecule has 0 aliphatic heterocycles. The maximum Gasteiger partial charge on any atom is 0.229 e. The van der Waals surface area contributed by atoms with Crippen LogP contribution in [0.15, 0.2) is 30.5 Å². The number of nitrogens with zero attached hydrogens (tertiary/aromatic N) is 2. The molecule has 7 heteroatoms. The van der Waals surface area contributed by atoms with Crippen molar-refractivity contribution in [2.24, 2.45) is 5.92 Å². The van der Waals surface area contributed by atoms with Crippen LogP contribution in [0.3, 0.4) is 0 Å². The average Bonchev–Trinajstić information content (AvgIpc) is 3.27. The molecular weight excluding hydrogens is 360 g/mol. The van der Waals surface area contributed by atoms with Crippen molar-refractivity contribution in [1.29, 1.82) is 0 Å². The lowest BCUT2D eigenvalue weighted by Gasteiger charge is -2.11. The summed E-state index contributed by atoms with van der Waals surface area (Å²) in [6.45, 7) is 2.07. The summed E-state index contributed by atoms with van der Waals surface area (Å²) in [6, 6.07) is 8.22. The van der Waals surface area contributed by atoms with E-state index in [1.54, 1.807) is 7.11 Å². The zero-order chi connectivity index (χ0) is 18.5. The second-order valence-electron chi connectivity index (χ2n) is 6.89. The first-order valence-electron chi connectivity index (χ1n) is 8.86. The van der Waals surface area contributed by atoms with Crippen molar-refractivity contribution in [2.75, 3.05) is 12.4 Å². The Morgan fingerprint density at radius 3 is 2.96 bits per heavy atom. The molecule has 1 fully saturated rings. The zero-order valence-corrected chi connectivity index (χ0v) is 15.8. The minimum atomic E-state index is 0.0837. The second kappa shape index (κ2) is 6.06. The molecule has 1 aliphatic rings. The number of hydrogen-bond acceptors (Lipinski definition) is 5. The van der Waals surface area contributed by atoms with Gasteiger partial charge in [-0.3, -0.25) is 9.89 Å². The molecule has 0 bridgehead atoms. The summed E-state index contributed by atoms with van der Waals surface area (Å²) in [5.41, 5.74) is 5.12. The number of benzene rings is 2. The highest BCUT2D eigenvalue weighted by Gasteiger charge is 2.30. The fourth-order valence-electron chi connectivity index (χ4n) is 3.45. The molecule has 1 amide bonds. The molecule has 1 aliphatic carbocycles. The molecule has 2 aromatic carbocycles. The number of rotatable bonds is 4. The van der Waals surface area contributed by atoms with Crippen LogP contribution in [0.4, 0.5) is 5.13 Å². The Morgan fingerprint density at radius 1 is 1.33 bits per heavy atom. The van der Waals surface area contributed by atoms with Crippen LogP contribution in [0.25, 0.3) is 32.2 Å². The van der Waals surface area contributed by atoms with Gasteiger partial charge in [0.15, 0.2) is 5.13 Å². The normalized spacial score (nSPS) is 14.0. The minimum Gasteiger partial charge on any atom is -0.494 e. The van der Waals surface area contributed by atoms with Crippen LogP contribution in [-0.4, -0.2) is 28.2 Å². The van der Waals surface area contributed by atoms with Crippen LogP contribution in [0.2, 0.25) is 0 Å². The number of ether oxygens (including phenoxy) is 1. The molecule has 0 spiro atoms. The topological polar surface area (TPSA) is 79.9 Å². The van der Waals surface area contributed by atoms with Gasteiger partial charge in [0, 0.05) is 11.3 Å². The SMILES string of the molecule is COc1cc(C)c(-c2ccc3nc(NC(=O)C4CC4)sc3c2)c2cn[nH]c12. The Hall–Kier alpha value is -2.93. The fourth-order valence-corrected chi connectivity index (χ4v) is 4.36. The summed E-state index contributed by atoms with van der Waals surface area (Å²) in [6.07, 6.45) is 3.80. The number of aromatic nitrogens is 3. The number of H-pyrrole nitrogens is 1. The third-order valence-electron chi connectivity index (χ3n) is 4.97. The predicted molar refractivity (Wildman–Crippen MR) is 107 cm³/mol. The Morgan fingerprint density at radius 2 is 2.19 bits per heavy atom. The van der Waals surface area contributed by atoms with E-state index in [1.165, 1.54) is 11.3 Å². The van der Waals surface area contributed by atoms with Crippen LogP contribution in [0.5, 0.6) is 5.75 Å². The van der Waals surface area contributed by atoms with Gasteiger partial charge in [0.1, 0.15) is 11.3 Å². The fraction of sp³-hybridized carbons (Fsp3) is 0.250. The first kappa shape index (κ1) is 16.3. The number of aromatic amines is 1. The molecule has 2 N–H and O–H groups in total. The highest BCUT2D eigenvalue weighted by atomic mass is 32.1. The van der Waals surface area contributed by atoms with Gasteiger partial charge in [-0.25, -0.2) is 4.98 Å². The maximum absolute atomic E-state index is 12.0. The first-order chi connectivity index (χ1) is 13.1. The smallest absolute Gasteiger partial charge is 0.229 e. The van der Waals surface area contributed by atoms with E-state index in [0.717, 1.165) is 56.4 Å². The summed E-state index contributed by atoms with van der Waals surface area (Å²) in [5, 5.41) is 11.9. The highest BCUT2D eigenvalue weighted by Crippen LogP contribution is 2.39. The van der Waals surface area contributed by atoms with Gasteiger partial charge in [-0.1, -0.05) is 17.4 Å². The molecule has 1 saturated carbocycles. The molecule has 0 saturated heterocycles. The first-order valence-corrected chi connectivity index (χ1v) is 9.68. The van der Waals surface area contributed by atoms with Crippen molar-refractivity contribution in [1.82, 2.24) is 15.2 Å². The van der Waals surface area contributed by atoms with Crippen molar-refractivity contribution in [3.8, 4) is 16.9 Å². The molecular formula is C20H18N4O2S. The molecule has 0 radical (unpaired) electrons. The molecule has 5 rings (SSSR count). The third-order valence-corrected chi connectivity index (χ3v) is 5.91. The van der Waals surface area contributed by atoms with Gasteiger partial charge in [0.2, 0.25) is 5.91 Å². The molecule has 2 heterocycles. The molecule has 6 nitrogen and oxygen atoms in total. The van der Waals surface area contributed by atoms with E-state index < -0.39 is 0 Å². The summed E-state index contributed by atoms with van der Waals surface area (Å²) < 4.78 is 6.52. The average molecular weight is 378 g/mol. The number of carbonyl (C=O) groups is 1. The molecule has 0 atom stereocenters. The lowest BCUT2D eigenvalue weighted by atomic mass is 9.96. The van der Waals surface area contributed by atoms with E-state index in [0.29, 0.717) is 5.13 Å². The van der Waals surface area contributed by atoms with Gasteiger partial charge < -0.3 is 10.1 Å². The van der Waals surface area contributed by atoms with Crippen LogP contribution < -0.4 is 10.1 Å².